The summed E-state index contributed by atoms with van der Waals surface area (Å²) in [6.07, 6.45) is 1.60. The van der Waals surface area contributed by atoms with Gasteiger partial charge in [-0.3, -0.25) is 9.59 Å². The number of carbonyl (C=O) groups is 2. The monoisotopic (exact) mass is 329 g/mol. The Bertz CT molecular complexity index is 562. The summed E-state index contributed by atoms with van der Waals surface area (Å²) in [7, 11) is 0. The maximum Gasteiger partial charge on any atom is 0.306 e. The van der Waals surface area contributed by atoms with Crippen LogP contribution >= 0.6 is 23.2 Å². The van der Waals surface area contributed by atoms with Crippen molar-refractivity contribution < 1.29 is 14.7 Å². The van der Waals surface area contributed by atoms with E-state index in [1.165, 1.54) is 0 Å². The number of carboxylic acid groups (broad SMARTS) is 1. The summed E-state index contributed by atoms with van der Waals surface area (Å²) in [6, 6.07) is 5.03. The minimum Gasteiger partial charge on any atom is -0.481 e. The standard InChI is InChI=1S/C15H17Cl2NO3/c1-8(9-4-5-12(16)13(17)7-9)18-14(19)10-2-3-11(6-10)15(20)21/h4-5,7-8,10-11H,2-3,6H2,1H3,(H,18,19)(H,20,21)/t8?,10-,11+/m1/s1. The van der Waals surface area contributed by atoms with Crippen LogP contribution in [0.25, 0.3) is 0 Å². The second kappa shape index (κ2) is 6.67. The molecule has 4 nitrogen and oxygen atoms in total. The van der Waals surface area contributed by atoms with Gasteiger partial charge in [-0.1, -0.05) is 29.3 Å². The first-order chi connectivity index (χ1) is 9.88. The highest BCUT2D eigenvalue weighted by Crippen LogP contribution is 2.32. The molecule has 1 saturated carbocycles. The second-order valence-electron chi connectivity index (χ2n) is 5.45. The van der Waals surface area contributed by atoms with Crippen molar-refractivity contribution in [3.05, 3.63) is 33.8 Å². The average molecular weight is 330 g/mol. The number of hydrogen-bond donors (Lipinski definition) is 2. The molecule has 0 aliphatic heterocycles. The molecule has 0 saturated heterocycles. The zero-order valence-corrected chi connectivity index (χ0v) is 13.1. The van der Waals surface area contributed by atoms with E-state index in [9.17, 15) is 9.59 Å². The predicted octanol–water partition coefficient (Wildman–Crippen LogP) is 3.67. The van der Waals surface area contributed by atoms with Crippen molar-refractivity contribution in [2.24, 2.45) is 11.8 Å². The zero-order chi connectivity index (χ0) is 15.6. The van der Waals surface area contributed by atoms with Crippen molar-refractivity contribution in [2.45, 2.75) is 32.2 Å². The molecule has 1 aliphatic carbocycles. The van der Waals surface area contributed by atoms with Gasteiger partial charge in [0, 0.05) is 5.92 Å². The molecular formula is C15H17Cl2NO3. The van der Waals surface area contributed by atoms with Gasteiger partial charge in [0.05, 0.1) is 22.0 Å². The normalized spacial score (nSPS) is 22.8. The first-order valence-electron chi connectivity index (χ1n) is 6.86. The number of hydrogen-bond acceptors (Lipinski definition) is 2. The van der Waals surface area contributed by atoms with E-state index in [0.717, 1.165) is 5.56 Å². The van der Waals surface area contributed by atoms with E-state index in [0.29, 0.717) is 29.3 Å². The molecule has 21 heavy (non-hydrogen) atoms. The fourth-order valence-electron chi connectivity index (χ4n) is 2.64. The summed E-state index contributed by atoms with van der Waals surface area (Å²) < 4.78 is 0. The summed E-state index contributed by atoms with van der Waals surface area (Å²) in [4.78, 5) is 23.1. The number of halogens is 2. The topological polar surface area (TPSA) is 66.4 Å². The van der Waals surface area contributed by atoms with Gasteiger partial charge in [-0.25, -0.2) is 0 Å². The van der Waals surface area contributed by atoms with E-state index < -0.39 is 11.9 Å². The van der Waals surface area contributed by atoms with Crippen molar-refractivity contribution in [1.82, 2.24) is 5.32 Å². The maximum atomic E-state index is 12.2. The predicted molar refractivity (Wildman–Crippen MR) is 81.5 cm³/mol. The Balaban J connectivity index is 1.96. The molecule has 1 amide bonds. The van der Waals surface area contributed by atoms with E-state index in [1.807, 2.05) is 13.0 Å². The molecule has 1 aromatic rings. The van der Waals surface area contributed by atoms with Gasteiger partial charge in [0.15, 0.2) is 0 Å². The van der Waals surface area contributed by atoms with Crippen LogP contribution < -0.4 is 5.32 Å². The van der Waals surface area contributed by atoms with Gasteiger partial charge in [-0.2, -0.15) is 0 Å². The van der Waals surface area contributed by atoms with Gasteiger partial charge in [-0.15, -0.1) is 0 Å². The van der Waals surface area contributed by atoms with Crippen LogP contribution in [0.2, 0.25) is 10.0 Å². The van der Waals surface area contributed by atoms with Crippen LogP contribution in [0.4, 0.5) is 0 Å². The minimum absolute atomic E-state index is 0.0997. The molecular weight excluding hydrogens is 313 g/mol. The Morgan fingerprint density at radius 2 is 1.90 bits per heavy atom. The summed E-state index contributed by atoms with van der Waals surface area (Å²) in [5.41, 5.74) is 0.866. The van der Waals surface area contributed by atoms with E-state index in [2.05, 4.69) is 5.32 Å². The van der Waals surface area contributed by atoms with Gasteiger partial charge in [0.2, 0.25) is 5.91 Å². The van der Waals surface area contributed by atoms with Crippen molar-refractivity contribution in [2.75, 3.05) is 0 Å². The molecule has 2 N–H and O–H groups in total. The number of amides is 1. The van der Waals surface area contributed by atoms with Crippen LogP contribution in [0.5, 0.6) is 0 Å². The Morgan fingerprint density at radius 3 is 2.48 bits per heavy atom. The third kappa shape index (κ3) is 3.89. The smallest absolute Gasteiger partial charge is 0.306 e. The number of aliphatic carboxylic acids is 1. The Hall–Kier alpha value is -1.26. The van der Waals surface area contributed by atoms with Crippen molar-refractivity contribution in [1.29, 1.82) is 0 Å². The Labute approximate surface area is 133 Å². The summed E-state index contributed by atoms with van der Waals surface area (Å²) in [5.74, 6) is -1.54. The van der Waals surface area contributed by atoms with Crippen LogP contribution in [0.3, 0.4) is 0 Å². The van der Waals surface area contributed by atoms with E-state index in [-0.39, 0.29) is 17.9 Å². The lowest BCUT2D eigenvalue weighted by Gasteiger charge is -2.18. The molecule has 1 aromatic carbocycles. The average Bonchev–Trinajstić information content (AvgIpc) is 2.91. The largest absolute Gasteiger partial charge is 0.481 e. The minimum atomic E-state index is -0.817. The fourth-order valence-corrected chi connectivity index (χ4v) is 2.95. The van der Waals surface area contributed by atoms with E-state index >= 15 is 0 Å². The lowest BCUT2D eigenvalue weighted by atomic mass is 10.0. The number of rotatable bonds is 4. The summed E-state index contributed by atoms with van der Waals surface area (Å²) in [5, 5.41) is 12.8. The van der Waals surface area contributed by atoms with Gasteiger partial charge in [-0.05, 0) is 43.9 Å². The number of carboxylic acids is 1. The van der Waals surface area contributed by atoms with Gasteiger partial charge >= 0.3 is 5.97 Å². The van der Waals surface area contributed by atoms with Crippen LogP contribution in [0.1, 0.15) is 37.8 Å². The van der Waals surface area contributed by atoms with Crippen molar-refractivity contribution in [3.63, 3.8) is 0 Å². The summed E-state index contributed by atoms with van der Waals surface area (Å²) >= 11 is 11.8. The SMILES string of the molecule is CC(NC(=O)[C@@H]1CC[C@H](C(=O)O)C1)c1ccc(Cl)c(Cl)c1. The third-order valence-electron chi connectivity index (χ3n) is 3.96. The first kappa shape index (κ1) is 16.1. The molecule has 1 fully saturated rings. The molecule has 0 heterocycles. The molecule has 1 aliphatic rings. The second-order valence-corrected chi connectivity index (χ2v) is 6.26. The van der Waals surface area contributed by atoms with Crippen molar-refractivity contribution >= 4 is 35.1 Å². The maximum absolute atomic E-state index is 12.2. The molecule has 3 atom stereocenters. The molecule has 1 unspecified atom stereocenters. The lowest BCUT2D eigenvalue weighted by Crippen LogP contribution is -2.32. The molecule has 2 rings (SSSR count). The third-order valence-corrected chi connectivity index (χ3v) is 4.69. The first-order valence-corrected chi connectivity index (χ1v) is 7.62. The highest BCUT2D eigenvalue weighted by molar-refractivity contribution is 6.42. The van der Waals surface area contributed by atoms with Crippen LogP contribution in [-0.2, 0) is 9.59 Å². The van der Waals surface area contributed by atoms with Crippen LogP contribution in [-0.4, -0.2) is 17.0 Å². The highest BCUT2D eigenvalue weighted by atomic mass is 35.5. The van der Waals surface area contributed by atoms with Gasteiger partial charge in [0.1, 0.15) is 0 Å². The Kier molecular flexibility index (Phi) is 5.12. The quantitative estimate of drug-likeness (QED) is 0.885. The van der Waals surface area contributed by atoms with Crippen molar-refractivity contribution in [3.8, 4) is 0 Å². The fraction of sp³-hybridized carbons (Fsp3) is 0.467. The highest BCUT2D eigenvalue weighted by Gasteiger charge is 2.34. The Morgan fingerprint density at radius 1 is 1.24 bits per heavy atom. The lowest BCUT2D eigenvalue weighted by molar-refractivity contribution is -0.141. The zero-order valence-electron chi connectivity index (χ0n) is 11.6. The molecule has 0 spiro atoms. The molecule has 0 bridgehead atoms. The number of nitrogens with one attached hydrogen (secondary N) is 1. The number of carbonyl (C=O) groups excluding carboxylic acids is 1. The van der Waals surface area contributed by atoms with E-state index in [1.54, 1.807) is 12.1 Å². The van der Waals surface area contributed by atoms with Crippen LogP contribution in [0, 0.1) is 11.8 Å². The molecule has 114 valence electrons. The summed E-state index contributed by atoms with van der Waals surface area (Å²) in [6.45, 7) is 1.86. The van der Waals surface area contributed by atoms with Crippen LogP contribution in [0.15, 0.2) is 18.2 Å². The molecule has 0 aromatic heterocycles. The molecule has 6 heteroatoms. The van der Waals surface area contributed by atoms with Gasteiger partial charge in [0.25, 0.3) is 0 Å². The van der Waals surface area contributed by atoms with E-state index in [4.69, 9.17) is 28.3 Å². The molecule has 0 radical (unpaired) electrons. The number of benzene rings is 1. The van der Waals surface area contributed by atoms with Gasteiger partial charge < -0.3 is 10.4 Å².